The maximum Gasteiger partial charge on any atom is 0.211 e. The van der Waals surface area contributed by atoms with E-state index in [1.807, 2.05) is 0 Å². The molecule has 0 aromatic carbocycles. The summed E-state index contributed by atoms with van der Waals surface area (Å²) in [6, 6.07) is 4.21. The van der Waals surface area contributed by atoms with E-state index < -0.39 is 10.0 Å². The van der Waals surface area contributed by atoms with Crippen molar-refractivity contribution in [3.8, 4) is 0 Å². The number of rotatable bonds is 5. The van der Waals surface area contributed by atoms with Crippen molar-refractivity contribution in [3.05, 3.63) is 22.4 Å². The molecule has 1 aromatic heterocycles. The van der Waals surface area contributed by atoms with Crippen LogP contribution in [-0.2, 0) is 15.4 Å². The van der Waals surface area contributed by atoms with Gasteiger partial charge in [-0.05, 0) is 31.2 Å². The standard InChI is InChI=1S/C13H21NO2S2/c1-2-18(15,16)14-11-13(8-4-3-5-9-13)12-7-6-10-17-12/h6-7,10,14H,2-5,8-9,11H2,1H3. The van der Waals surface area contributed by atoms with E-state index in [9.17, 15) is 8.42 Å². The van der Waals surface area contributed by atoms with Gasteiger partial charge in [0, 0.05) is 16.8 Å². The molecule has 1 aromatic rings. The molecule has 5 heteroatoms. The van der Waals surface area contributed by atoms with Crippen LogP contribution in [0.2, 0.25) is 0 Å². The smallest absolute Gasteiger partial charge is 0.211 e. The van der Waals surface area contributed by atoms with Gasteiger partial charge in [0.25, 0.3) is 0 Å². The molecular weight excluding hydrogens is 266 g/mol. The molecule has 1 saturated carbocycles. The Balaban J connectivity index is 2.16. The maximum absolute atomic E-state index is 11.6. The molecule has 0 atom stereocenters. The lowest BCUT2D eigenvalue weighted by Gasteiger charge is -2.36. The SMILES string of the molecule is CCS(=O)(=O)NCC1(c2cccs2)CCCCC1. The Labute approximate surface area is 114 Å². The lowest BCUT2D eigenvalue weighted by molar-refractivity contribution is 0.298. The molecule has 0 aliphatic heterocycles. The van der Waals surface area contributed by atoms with E-state index in [0.717, 1.165) is 12.8 Å². The Morgan fingerprint density at radius 3 is 2.61 bits per heavy atom. The van der Waals surface area contributed by atoms with Gasteiger partial charge in [0.1, 0.15) is 0 Å². The van der Waals surface area contributed by atoms with Gasteiger partial charge in [-0.15, -0.1) is 11.3 Å². The van der Waals surface area contributed by atoms with Gasteiger partial charge in [-0.1, -0.05) is 25.3 Å². The lowest BCUT2D eigenvalue weighted by Crippen LogP contribution is -2.42. The molecule has 2 rings (SSSR count). The summed E-state index contributed by atoms with van der Waals surface area (Å²) in [5.41, 5.74) is 0.0364. The zero-order valence-electron chi connectivity index (χ0n) is 10.8. The van der Waals surface area contributed by atoms with Crippen molar-refractivity contribution < 1.29 is 8.42 Å². The average Bonchev–Trinajstić information content (AvgIpc) is 2.92. The summed E-state index contributed by atoms with van der Waals surface area (Å²) in [5.74, 6) is 0.160. The van der Waals surface area contributed by atoms with E-state index >= 15 is 0 Å². The van der Waals surface area contributed by atoms with E-state index in [1.165, 1.54) is 24.1 Å². The summed E-state index contributed by atoms with van der Waals surface area (Å²) in [4.78, 5) is 1.33. The van der Waals surface area contributed by atoms with Gasteiger partial charge in [-0.3, -0.25) is 0 Å². The topological polar surface area (TPSA) is 46.2 Å². The van der Waals surface area contributed by atoms with Crippen LogP contribution in [0, 0.1) is 0 Å². The summed E-state index contributed by atoms with van der Waals surface area (Å²) in [7, 11) is -3.09. The number of sulfonamides is 1. The monoisotopic (exact) mass is 287 g/mol. The Morgan fingerprint density at radius 2 is 2.06 bits per heavy atom. The maximum atomic E-state index is 11.6. The van der Waals surface area contributed by atoms with Crippen molar-refractivity contribution >= 4 is 21.4 Å². The third-order valence-electron chi connectivity index (χ3n) is 3.87. The summed E-state index contributed by atoms with van der Waals surface area (Å²) in [6.45, 7) is 2.24. The summed E-state index contributed by atoms with van der Waals surface area (Å²) >= 11 is 1.75. The van der Waals surface area contributed by atoms with Crippen molar-refractivity contribution in [1.82, 2.24) is 4.72 Å². The minimum atomic E-state index is -3.09. The molecule has 1 heterocycles. The molecule has 102 valence electrons. The van der Waals surface area contributed by atoms with Crippen LogP contribution in [0.4, 0.5) is 0 Å². The summed E-state index contributed by atoms with van der Waals surface area (Å²) in [5, 5.41) is 2.08. The molecule has 3 nitrogen and oxygen atoms in total. The van der Waals surface area contributed by atoms with Gasteiger partial charge >= 0.3 is 0 Å². The van der Waals surface area contributed by atoms with E-state index in [0.29, 0.717) is 6.54 Å². The Morgan fingerprint density at radius 1 is 1.33 bits per heavy atom. The summed E-state index contributed by atoms with van der Waals surface area (Å²) in [6.07, 6.45) is 5.87. The number of hydrogen-bond acceptors (Lipinski definition) is 3. The zero-order valence-corrected chi connectivity index (χ0v) is 12.4. The molecular formula is C13H21NO2S2. The third-order valence-corrected chi connectivity index (χ3v) is 6.33. The molecule has 0 radical (unpaired) electrons. The Bertz CT molecular complexity index is 459. The van der Waals surface area contributed by atoms with Gasteiger partial charge in [-0.25, -0.2) is 13.1 Å². The second kappa shape index (κ2) is 5.72. The predicted molar refractivity (Wildman–Crippen MR) is 76.5 cm³/mol. The molecule has 18 heavy (non-hydrogen) atoms. The van der Waals surface area contributed by atoms with Crippen LogP contribution in [0.5, 0.6) is 0 Å². The average molecular weight is 287 g/mol. The largest absolute Gasteiger partial charge is 0.214 e. The van der Waals surface area contributed by atoms with Crippen LogP contribution in [0.3, 0.4) is 0 Å². The number of hydrogen-bond donors (Lipinski definition) is 1. The molecule has 1 fully saturated rings. The van der Waals surface area contributed by atoms with Crippen LogP contribution >= 0.6 is 11.3 Å². The lowest BCUT2D eigenvalue weighted by atomic mass is 9.73. The Hall–Kier alpha value is -0.390. The minimum absolute atomic E-state index is 0.0364. The van der Waals surface area contributed by atoms with E-state index in [-0.39, 0.29) is 11.2 Å². The first-order valence-electron chi connectivity index (χ1n) is 6.59. The molecule has 0 spiro atoms. The van der Waals surface area contributed by atoms with Crippen LogP contribution in [-0.4, -0.2) is 20.7 Å². The fourth-order valence-electron chi connectivity index (χ4n) is 2.67. The van der Waals surface area contributed by atoms with E-state index in [4.69, 9.17) is 0 Å². The highest BCUT2D eigenvalue weighted by Crippen LogP contribution is 2.41. The van der Waals surface area contributed by atoms with Gasteiger partial charge < -0.3 is 0 Å². The highest BCUT2D eigenvalue weighted by molar-refractivity contribution is 7.89. The molecule has 0 saturated heterocycles. The molecule has 0 bridgehead atoms. The van der Waals surface area contributed by atoms with Crippen molar-refractivity contribution in [1.29, 1.82) is 0 Å². The van der Waals surface area contributed by atoms with Crippen LogP contribution in [0.15, 0.2) is 17.5 Å². The number of thiophene rings is 1. The van der Waals surface area contributed by atoms with Crippen molar-refractivity contribution in [2.75, 3.05) is 12.3 Å². The fraction of sp³-hybridized carbons (Fsp3) is 0.692. The highest BCUT2D eigenvalue weighted by Gasteiger charge is 2.35. The van der Waals surface area contributed by atoms with E-state index in [2.05, 4.69) is 22.2 Å². The second-order valence-electron chi connectivity index (χ2n) is 5.04. The first kappa shape index (κ1) is 14.0. The molecule has 0 unspecified atom stereocenters. The molecule has 1 aliphatic carbocycles. The first-order chi connectivity index (χ1) is 8.58. The van der Waals surface area contributed by atoms with Gasteiger partial charge in [0.2, 0.25) is 10.0 Å². The molecule has 1 aliphatic rings. The zero-order chi connectivity index (χ0) is 13.1. The van der Waals surface area contributed by atoms with E-state index in [1.54, 1.807) is 18.3 Å². The van der Waals surface area contributed by atoms with Crippen molar-refractivity contribution in [2.24, 2.45) is 0 Å². The van der Waals surface area contributed by atoms with Crippen LogP contribution < -0.4 is 4.72 Å². The molecule has 1 N–H and O–H groups in total. The molecule has 0 amide bonds. The minimum Gasteiger partial charge on any atom is -0.214 e. The van der Waals surface area contributed by atoms with Crippen LogP contribution in [0.1, 0.15) is 43.9 Å². The van der Waals surface area contributed by atoms with Crippen LogP contribution in [0.25, 0.3) is 0 Å². The normalized spacial score (nSPS) is 19.8. The fourth-order valence-corrected chi connectivity index (χ4v) is 4.36. The van der Waals surface area contributed by atoms with Gasteiger partial charge in [0.15, 0.2) is 0 Å². The van der Waals surface area contributed by atoms with Crippen molar-refractivity contribution in [3.63, 3.8) is 0 Å². The summed E-state index contributed by atoms with van der Waals surface area (Å²) < 4.78 is 26.1. The third kappa shape index (κ3) is 3.13. The quantitative estimate of drug-likeness (QED) is 0.905. The van der Waals surface area contributed by atoms with Gasteiger partial charge in [0.05, 0.1) is 5.75 Å². The first-order valence-corrected chi connectivity index (χ1v) is 9.12. The predicted octanol–water partition coefficient (Wildman–Crippen LogP) is 2.89. The van der Waals surface area contributed by atoms with Crippen molar-refractivity contribution in [2.45, 2.75) is 44.4 Å². The Kier molecular flexibility index (Phi) is 4.45. The van der Waals surface area contributed by atoms with Gasteiger partial charge in [-0.2, -0.15) is 0 Å². The number of nitrogens with one attached hydrogen (secondary N) is 1. The second-order valence-corrected chi connectivity index (χ2v) is 8.09. The highest BCUT2D eigenvalue weighted by atomic mass is 32.2.